The van der Waals surface area contributed by atoms with E-state index in [1.807, 2.05) is 0 Å². The monoisotopic (exact) mass is 206 g/mol. The van der Waals surface area contributed by atoms with E-state index in [1.54, 1.807) is 11.3 Å². The molecule has 14 heavy (non-hydrogen) atoms. The molecule has 0 unspecified atom stereocenters. The lowest BCUT2D eigenvalue weighted by Crippen LogP contribution is -1.99. The molecule has 3 heteroatoms. The Labute approximate surface area is 87.6 Å². The molecule has 1 fully saturated rings. The Bertz CT molecular complexity index is 503. The molecule has 2 heterocycles. The molecule has 2 aromatic heterocycles. The fourth-order valence-corrected chi connectivity index (χ4v) is 2.74. The van der Waals surface area contributed by atoms with Gasteiger partial charge < -0.3 is 0 Å². The lowest BCUT2D eigenvalue weighted by atomic mass is 10.1. The third-order valence-electron chi connectivity index (χ3n) is 3.41. The summed E-state index contributed by atoms with van der Waals surface area (Å²) in [6.45, 7) is 6.63. The highest BCUT2D eigenvalue weighted by Crippen LogP contribution is 2.47. The Balaban J connectivity index is 2.22. The summed E-state index contributed by atoms with van der Waals surface area (Å²) in [5.74, 6) is 0. The van der Waals surface area contributed by atoms with Crippen LogP contribution in [0.1, 0.15) is 36.0 Å². The van der Waals surface area contributed by atoms with E-state index >= 15 is 0 Å². The molecule has 0 saturated heterocycles. The van der Waals surface area contributed by atoms with E-state index in [1.165, 1.54) is 29.1 Å². The van der Waals surface area contributed by atoms with Crippen LogP contribution in [-0.2, 0) is 5.41 Å². The zero-order valence-corrected chi connectivity index (χ0v) is 9.61. The van der Waals surface area contributed by atoms with Crippen molar-refractivity contribution in [1.82, 2.24) is 9.38 Å². The molecule has 2 aromatic rings. The maximum Gasteiger partial charge on any atom is 0.194 e. The van der Waals surface area contributed by atoms with Gasteiger partial charge in [0.2, 0.25) is 0 Å². The fourth-order valence-electron chi connectivity index (χ4n) is 1.79. The summed E-state index contributed by atoms with van der Waals surface area (Å²) in [7, 11) is 0. The van der Waals surface area contributed by atoms with Gasteiger partial charge in [0.25, 0.3) is 0 Å². The molecule has 1 aliphatic rings. The van der Waals surface area contributed by atoms with Gasteiger partial charge in [-0.3, -0.25) is 4.40 Å². The van der Waals surface area contributed by atoms with Crippen LogP contribution >= 0.6 is 11.3 Å². The Hall–Kier alpha value is -0.830. The van der Waals surface area contributed by atoms with Gasteiger partial charge in [0.15, 0.2) is 4.96 Å². The molecule has 1 aliphatic carbocycles. The average Bonchev–Trinajstić information content (AvgIpc) is 2.67. The van der Waals surface area contributed by atoms with Crippen molar-refractivity contribution in [1.29, 1.82) is 0 Å². The summed E-state index contributed by atoms with van der Waals surface area (Å²) in [4.78, 5) is 7.24. The summed E-state index contributed by atoms with van der Waals surface area (Å²) in [5.41, 5.74) is 3.02. The highest BCUT2D eigenvalue weighted by Gasteiger charge is 2.41. The number of nitrogens with zero attached hydrogens (tertiary/aromatic N) is 2. The van der Waals surface area contributed by atoms with Gasteiger partial charge in [-0.2, -0.15) is 0 Å². The number of fused-ring (bicyclic) bond motifs is 1. The minimum absolute atomic E-state index is 0.395. The van der Waals surface area contributed by atoms with Gasteiger partial charge in [-0.25, -0.2) is 4.98 Å². The lowest BCUT2D eigenvalue weighted by Gasteiger charge is -2.00. The van der Waals surface area contributed by atoms with Crippen LogP contribution in [0, 0.1) is 13.8 Å². The first-order valence-corrected chi connectivity index (χ1v) is 5.87. The van der Waals surface area contributed by atoms with Crippen LogP contribution in [0.3, 0.4) is 0 Å². The molecule has 0 radical (unpaired) electrons. The van der Waals surface area contributed by atoms with Crippen molar-refractivity contribution < 1.29 is 0 Å². The van der Waals surface area contributed by atoms with E-state index in [0.717, 1.165) is 4.96 Å². The highest BCUT2D eigenvalue weighted by molar-refractivity contribution is 7.17. The molecule has 0 aromatic carbocycles. The van der Waals surface area contributed by atoms with Crippen molar-refractivity contribution in [3.8, 4) is 0 Å². The van der Waals surface area contributed by atoms with Crippen LogP contribution < -0.4 is 0 Å². The van der Waals surface area contributed by atoms with Crippen LogP contribution in [0.4, 0.5) is 0 Å². The van der Waals surface area contributed by atoms with Crippen LogP contribution in [0.5, 0.6) is 0 Å². The Kier molecular flexibility index (Phi) is 1.45. The Morgan fingerprint density at radius 3 is 2.71 bits per heavy atom. The number of imidazole rings is 1. The molecule has 74 valence electrons. The first-order valence-electron chi connectivity index (χ1n) is 5.06. The maximum atomic E-state index is 4.71. The van der Waals surface area contributed by atoms with Crippen molar-refractivity contribution in [2.24, 2.45) is 0 Å². The predicted octanol–water partition coefficient (Wildman–Crippen LogP) is 3.06. The third-order valence-corrected chi connectivity index (χ3v) is 4.48. The Morgan fingerprint density at radius 1 is 1.43 bits per heavy atom. The van der Waals surface area contributed by atoms with Crippen LogP contribution in [-0.4, -0.2) is 9.38 Å². The Morgan fingerprint density at radius 2 is 2.14 bits per heavy atom. The number of hydrogen-bond donors (Lipinski definition) is 0. The molecule has 0 N–H and O–H groups in total. The normalized spacial score (nSPS) is 19.1. The summed E-state index contributed by atoms with van der Waals surface area (Å²) in [6, 6.07) is 0. The van der Waals surface area contributed by atoms with Crippen molar-refractivity contribution >= 4 is 16.3 Å². The van der Waals surface area contributed by atoms with E-state index in [4.69, 9.17) is 4.98 Å². The minimum Gasteiger partial charge on any atom is -0.294 e. The highest BCUT2D eigenvalue weighted by atomic mass is 32.1. The van der Waals surface area contributed by atoms with Gasteiger partial charge in [0.1, 0.15) is 0 Å². The van der Waals surface area contributed by atoms with Gasteiger partial charge in [-0.1, -0.05) is 6.92 Å². The van der Waals surface area contributed by atoms with Crippen LogP contribution in [0.25, 0.3) is 4.96 Å². The number of hydrogen-bond acceptors (Lipinski definition) is 2. The number of rotatable bonds is 1. The van der Waals surface area contributed by atoms with E-state index in [2.05, 4.69) is 31.4 Å². The first-order chi connectivity index (χ1) is 6.60. The van der Waals surface area contributed by atoms with Crippen molar-refractivity contribution in [3.63, 3.8) is 0 Å². The number of aryl methyl sites for hydroxylation is 2. The molecular formula is C11H14N2S. The van der Waals surface area contributed by atoms with Crippen LogP contribution in [0.15, 0.2) is 6.20 Å². The average molecular weight is 206 g/mol. The summed E-state index contributed by atoms with van der Waals surface area (Å²) in [5, 5.41) is 0. The second-order valence-corrected chi connectivity index (χ2v) is 5.76. The molecule has 2 nitrogen and oxygen atoms in total. The standard InChI is InChI=1S/C11H14N2S/c1-7-8(2)14-10-12-9(6-13(7)10)11(3)4-5-11/h6H,4-5H2,1-3H3. The molecular weight excluding hydrogens is 192 g/mol. The summed E-state index contributed by atoms with van der Waals surface area (Å²) >= 11 is 1.80. The zero-order chi connectivity index (χ0) is 9.92. The largest absolute Gasteiger partial charge is 0.294 e. The summed E-state index contributed by atoms with van der Waals surface area (Å²) in [6.07, 6.45) is 4.83. The summed E-state index contributed by atoms with van der Waals surface area (Å²) < 4.78 is 2.24. The second kappa shape index (κ2) is 2.40. The van der Waals surface area contributed by atoms with Crippen molar-refractivity contribution in [3.05, 3.63) is 22.5 Å². The van der Waals surface area contributed by atoms with Gasteiger partial charge in [0, 0.05) is 22.2 Å². The quantitative estimate of drug-likeness (QED) is 0.701. The topological polar surface area (TPSA) is 17.3 Å². The van der Waals surface area contributed by atoms with E-state index < -0.39 is 0 Å². The van der Waals surface area contributed by atoms with Gasteiger partial charge in [-0.05, 0) is 26.7 Å². The van der Waals surface area contributed by atoms with Crippen molar-refractivity contribution in [2.45, 2.75) is 39.0 Å². The zero-order valence-electron chi connectivity index (χ0n) is 8.79. The fraction of sp³-hybridized carbons (Fsp3) is 0.545. The van der Waals surface area contributed by atoms with E-state index in [-0.39, 0.29) is 0 Å². The second-order valence-electron chi connectivity index (χ2n) is 4.58. The maximum absolute atomic E-state index is 4.71. The molecule has 0 aliphatic heterocycles. The van der Waals surface area contributed by atoms with Gasteiger partial charge >= 0.3 is 0 Å². The van der Waals surface area contributed by atoms with E-state index in [9.17, 15) is 0 Å². The molecule has 0 spiro atoms. The molecule has 3 rings (SSSR count). The SMILES string of the molecule is Cc1sc2nc(C3(C)CC3)cn2c1C. The lowest BCUT2D eigenvalue weighted by molar-refractivity contribution is 0.758. The number of aromatic nitrogens is 2. The minimum atomic E-state index is 0.395. The van der Waals surface area contributed by atoms with Gasteiger partial charge in [-0.15, -0.1) is 11.3 Å². The van der Waals surface area contributed by atoms with Crippen LogP contribution in [0.2, 0.25) is 0 Å². The molecule has 0 atom stereocenters. The number of thiazole rings is 1. The predicted molar refractivity (Wildman–Crippen MR) is 59.1 cm³/mol. The molecule has 1 saturated carbocycles. The first kappa shape index (κ1) is 8.48. The van der Waals surface area contributed by atoms with Gasteiger partial charge in [0.05, 0.1) is 5.69 Å². The van der Waals surface area contributed by atoms with E-state index in [0.29, 0.717) is 5.41 Å². The third kappa shape index (κ3) is 0.989. The molecule has 0 amide bonds. The smallest absolute Gasteiger partial charge is 0.194 e. The molecule has 0 bridgehead atoms. The van der Waals surface area contributed by atoms with Crippen molar-refractivity contribution in [2.75, 3.05) is 0 Å².